The van der Waals surface area contributed by atoms with Crippen molar-refractivity contribution in [2.45, 2.75) is 65.4 Å². The maximum atomic E-state index is 13.4. The fraction of sp³-hybridized carbons (Fsp3) is 0.273. The molecule has 1 unspecified atom stereocenters. The molecule has 0 aliphatic heterocycles. The highest BCUT2D eigenvalue weighted by molar-refractivity contribution is 7.79. The van der Waals surface area contributed by atoms with Crippen molar-refractivity contribution in [1.82, 2.24) is 9.13 Å². The minimum absolute atomic E-state index is 0.0612. The van der Waals surface area contributed by atoms with Crippen molar-refractivity contribution in [3.05, 3.63) is 96.0 Å². The zero-order valence-electron chi connectivity index (χ0n) is 26.8. The summed E-state index contributed by atoms with van der Waals surface area (Å²) < 4.78 is 24.6. The molecule has 14 nitrogen and oxygen atoms in total. The molecule has 2 heterocycles. The van der Waals surface area contributed by atoms with Crippen LogP contribution in [0.1, 0.15) is 51.8 Å². The van der Waals surface area contributed by atoms with Gasteiger partial charge in [0, 0.05) is 29.1 Å². The van der Waals surface area contributed by atoms with Gasteiger partial charge in [0.05, 0.1) is 11.4 Å². The third-order valence-corrected chi connectivity index (χ3v) is 8.73. The molecule has 2 aromatic heterocycles. The minimum atomic E-state index is -2.43. The van der Waals surface area contributed by atoms with Gasteiger partial charge in [0.1, 0.15) is 23.3 Å². The highest BCUT2D eigenvalue weighted by Crippen LogP contribution is 2.30. The number of benzene rings is 2. The summed E-state index contributed by atoms with van der Waals surface area (Å²) in [6.07, 6.45) is 0.409. The fourth-order valence-corrected chi connectivity index (χ4v) is 5.46. The van der Waals surface area contributed by atoms with E-state index in [1.165, 1.54) is 32.0 Å². The van der Waals surface area contributed by atoms with Gasteiger partial charge in [-0.3, -0.25) is 22.9 Å². The Balaban J connectivity index is 1.60. The number of rotatable bonds is 10. The summed E-state index contributed by atoms with van der Waals surface area (Å²) in [5.74, 6) is -1.09. The third kappa shape index (κ3) is 7.12. The molecule has 1 atom stereocenters. The first-order valence-corrected chi connectivity index (χ1v) is 15.7. The zero-order chi connectivity index (χ0) is 35.3. The Labute approximate surface area is 277 Å². The summed E-state index contributed by atoms with van der Waals surface area (Å²) in [5.41, 5.74) is 1.56. The number of azo groups is 2. The van der Waals surface area contributed by atoms with Gasteiger partial charge in [0.2, 0.25) is 11.8 Å². The van der Waals surface area contributed by atoms with Crippen molar-refractivity contribution in [2.24, 2.45) is 20.5 Å². The summed E-state index contributed by atoms with van der Waals surface area (Å²) in [7, 11) is 0. The second kappa shape index (κ2) is 14.8. The van der Waals surface area contributed by atoms with E-state index < -0.39 is 34.0 Å². The molecule has 4 aromatic rings. The predicted octanol–water partition coefficient (Wildman–Crippen LogP) is 6.26. The topological polar surface area (TPSA) is 222 Å². The molecular weight excluding hydrogens is 636 g/mol. The summed E-state index contributed by atoms with van der Waals surface area (Å²) in [4.78, 5) is 26.8. The third-order valence-electron chi connectivity index (χ3n) is 7.91. The first-order chi connectivity index (χ1) is 22.8. The van der Waals surface area contributed by atoms with Crippen molar-refractivity contribution in [2.75, 3.05) is 0 Å². The molecule has 0 radical (unpaired) electrons. The van der Waals surface area contributed by atoms with Gasteiger partial charge in [-0.2, -0.15) is 20.8 Å². The van der Waals surface area contributed by atoms with Gasteiger partial charge >= 0.3 is 0 Å². The number of nitrogens with zero attached hydrogens (tertiary/aromatic N) is 8. The van der Waals surface area contributed by atoms with Crippen LogP contribution < -0.4 is 11.1 Å². The SMILES string of the molecule is Cc1ccc(N=Nc2c(C)c(C#N)c(O)n(CCCCn3c(O)c(C#N)c(C)c(N=Nc4ccc(S(=O)[O-])c(C)c4)c3=O)c2=O)cc1C. The maximum absolute atomic E-state index is 13.4. The molecule has 246 valence electrons. The van der Waals surface area contributed by atoms with Crippen molar-refractivity contribution in [3.8, 4) is 23.9 Å². The molecule has 0 fully saturated rings. The highest BCUT2D eigenvalue weighted by atomic mass is 32.2. The molecule has 0 saturated carbocycles. The zero-order valence-corrected chi connectivity index (χ0v) is 27.6. The second-order valence-electron chi connectivity index (χ2n) is 11.0. The molecule has 0 bridgehead atoms. The fourth-order valence-electron chi connectivity index (χ4n) is 4.96. The van der Waals surface area contributed by atoms with Crippen LogP contribution in [0.4, 0.5) is 22.7 Å². The second-order valence-corrected chi connectivity index (χ2v) is 12.0. The molecule has 4 rings (SSSR count). The molecule has 2 aromatic carbocycles. The average molecular weight is 668 g/mol. The van der Waals surface area contributed by atoms with E-state index in [0.29, 0.717) is 11.3 Å². The Bertz CT molecular complexity index is 2220. The number of aryl methyl sites for hydroxylation is 3. The van der Waals surface area contributed by atoms with Crippen molar-refractivity contribution in [1.29, 1.82) is 10.5 Å². The lowest BCUT2D eigenvalue weighted by molar-refractivity contribution is 0.381. The Morgan fingerprint density at radius 1 is 0.708 bits per heavy atom. The monoisotopic (exact) mass is 667 g/mol. The molecule has 0 spiro atoms. The lowest BCUT2D eigenvalue weighted by Crippen LogP contribution is -2.24. The number of hydrogen-bond acceptors (Lipinski definition) is 12. The van der Waals surface area contributed by atoms with Crippen LogP contribution >= 0.6 is 0 Å². The van der Waals surface area contributed by atoms with Gasteiger partial charge in [-0.25, -0.2) is 0 Å². The van der Waals surface area contributed by atoms with Crippen molar-refractivity contribution in [3.63, 3.8) is 0 Å². The van der Waals surface area contributed by atoms with Gasteiger partial charge in [0.25, 0.3) is 11.1 Å². The predicted molar refractivity (Wildman–Crippen MR) is 176 cm³/mol. The van der Waals surface area contributed by atoms with Gasteiger partial charge in [-0.1, -0.05) is 6.07 Å². The number of unbranched alkanes of at least 4 members (excludes halogenated alkanes) is 1. The van der Waals surface area contributed by atoms with Gasteiger partial charge < -0.3 is 14.8 Å². The molecule has 15 heteroatoms. The van der Waals surface area contributed by atoms with E-state index >= 15 is 0 Å². The van der Waals surface area contributed by atoms with E-state index in [4.69, 9.17) is 0 Å². The average Bonchev–Trinajstić information content (AvgIpc) is 3.03. The van der Waals surface area contributed by atoms with Crippen LogP contribution in [0.2, 0.25) is 0 Å². The van der Waals surface area contributed by atoms with Gasteiger partial charge in [0.15, 0.2) is 11.4 Å². The van der Waals surface area contributed by atoms with Crippen LogP contribution in [0, 0.1) is 57.3 Å². The molecule has 2 N–H and O–H groups in total. The molecule has 48 heavy (non-hydrogen) atoms. The number of pyridine rings is 2. The molecule has 0 aliphatic carbocycles. The Hall–Kier alpha value is -5.77. The lowest BCUT2D eigenvalue weighted by Gasteiger charge is -2.15. The van der Waals surface area contributed by atoms with E-state index in [2.05, 4.69) is 20.5 Å². The van der Waals surface area contributed by atoms with Crippen LogP contribution in [0.3, 0.4) is 0 Å². The highest BCUT2D eigenvalue weighted by Gasteiger charge is 2.21. The Morgan fingerprint density at radius 3 is 1.54 bits per heavy atom. The Morgan fingerprint density at radius 2 is 1.15 bits per heavy atom. The van der Waals surface area contributed by atoms with Crippen LogP contribution in [0.25, 0.3) is 0 Å². The number of aromatic nitrogens is 2. The number of nitriles is 2. The Kier molecular flexibility index (Phi) is 10.8. The summed E-state index contributed by atoms with van der Waals surface area (Å²) in [6, 6.07) is 13.5. The van der Waals surface area contributed by atoms with Gasteiger partial charge in [-0.15, -0.1) is 10.2 Å². The first-order valence-electron chi connectivity index (χ1n) is 14.6. The first kappa shape index (κ1) is 35.1. The maximum Gasteiger partial charge on any atom is 0.281 e. The van der Waals surface area contributed by atoms with E-state index in [-0.39, 0.29) is 70.1 Å². The van der Waals surface area contributed by atoms with E-state index in [9.17, 15) is 39.1 Å². The smallest absolute Gasteiger partial charge is 0.281 e. The van der Waals surface area contributed by atoms with Crippen LogP contribution in [-0.4, -0.2) is 28.1 Å². The van der Waals surface area contributed by atoms with Crippen molar-refractivity contribution >= 4 is 33.8 Å². The van der Waals surface area contributed by atoms with E-state index in [1.54, 1.807) is 13.0 Å². The largest absolute Gasteiger partial charge is 0.768 e. The van der Waals surface area contributed by atoms with Crippen LogP contribution in [-0.2, 0) is 24.2 Å². The summed E-state index contributed by atoms with van der Waals surface area (Å²) in [6.45, 7) is 8.25. The quantitative estimate of drug-likeness (QED) is 0.111. The molecule has 0 amide bonds. The lowest BCUT2D eigenvalue weighted by atomic mass is 10.1. The summed E-state index contributed by atoms with van der Waals surface area (Å²) in [5, 5.41) is 57.3. The molecular formula is C33H31N8O6S-. The normalized spacial score (nSPS) is 12.0. The van der Waals surface area contributed by atoms with Gasteiger partial charge in [-0.05, 0) is 106 Å². The van der Waals surface area contributed by atoms with E-state index in [0.717, 1.165) is 20.3 Å². The standard InChI is InChI=1S/C33H32N8O6S/c1-18-8-9-23(14-19(18)2)36-38-28-21(4)25(16-34)30(42)40(32(28)44)12-6-7-13-41-31(43)26(17-35)22(5)29(33(41)45)39-37-24-10-11-27(48(46)47)20(3)15-24/h8-11,14-15,42-43H,6-7,12-13H2,1-5H3,(H,46,47)/p-1. The van der Waals surface area contributed by atoms with Crippen molar-refractivity contribution < 1.29 is 19.0 Å². The molecule has 0 aliphatic rings. The van der Waals surface area contributed by atoms with E-state index in [1.807, 2.05) is 38.1 Å². The minimum Gasteiger partial charge on any atom is -0.768 e. The van der Waals surface area contributed by atoms with Crippen LogP contribution in [0.15, 0.2) is 71.3 Å². The molecule has 0 saturated heterocycles. The van der Waals surface area contributed by atoms with Crippen LogP contribution in [0.5, 0.6) is 11.8 Å². The summed E-state index contributed by atoms with van der Waals surface area (Å²) >= 11 is -2.43. The number of hydrogen-bond donors (Lipinski definition) is 2. The number of aromatic hydroxyl groups is 2.